The standard InChI is InChI=1S/C53H27B5N2/c54-46-42(47(55)49(57)50(58)48(46)56)30-20-22-31(23-21-30)51-35-15-6-8-19-41(35)59-52(60-51)36-16-9-18-38-43(36)34-14-5-7-17-37(34)53(38)39-26-24-28-10-1-3-12-32(28)44(39)45-33-13-4-2-11-29(33)25-27-40(45)53/h1-27H. The zero-order chi connectivity index (χ0) is 40.4. The molecule has 0 saturated heterocycles. The third-order valence-corrected chi connectivity index (χ3v) is 13.0. The van der Waals surface area contributed by atoms with E-state index in [1.165, 1.54) is 60.5 Å². The highest BCUT2D eigenvalue weighted by molar-refractivity contribution is 6.68. The average molecular weight is 746 g/mol. The van der Waals surface area contributed by atoms with Gasteiger partial charge in [-0.3, -0.25) is 0 Å². The molecule has 0 unspecified atom stereocenters. The van der Waals surface area contributed by atoms with Crippen molar-refractivity contribution in [2.24, 2.45) is 0 Å². The summed E-state index contributed by atoms with van der Waals surface area (Å²) in [5.74, 6) is 0.652. The van der Waals surface area contributed by atoms with Gasteiger partial charge in [-0.15, -0.1) is 16.4 Å². The Morgan fingerprint density at radius 1 is 0.333 bits per heavy atom. The van der Waals surface area contributed by atoms with Crippen LogP contribution >= 0.6 is 0 Å². The summed E-state index contributed by atoms with van der Waals surface area (Å²) < 4.78 is 0. The predicted octanol–water partition coefficient (Wildman–Crippen LogP) is 7.25. The normalized spacial score (nSPS) is 13.1. The largest absolute Gasteiger partial charge is 0.228 e. The van der Waals surface area contributed by atoms with Crippen molar-refractivity contribution >= 4 is 99.0 Å². The van der Waals surface area contributed by atoms with Crippen molar-refractivity contribution < 1.29 is 0 Å². The first-order valence-electron chi connectivity index (χ1n) is 20.0. The van der Waals surface area contributed by atoms with Gasteiger partial charge in [-0.1, -0.05) is 169 Å². The molecular weight excluding hydrogens is 719 g/mol. The Kier molecular flexibility index (Phi) is 7.51. The SMILES string of the molecule is [B]c1c([B])c([B])c(-c2ccc(-c3nc(-c4cccc5c4-c4ccccc4C54c5ccc6ccccc6c5-c5c4ccc4ccccc54)nc4ccccc34)cc2)c([B])c1[B]. The Hall–Kier alpha value is -6.84. The average Bonchev–Trinajstić information content (AvgIpc) is 3.78. The van der Waals surface area contributed by atoms with Crippen LogP contribution in [0.25, 0.3) is 88.5 Å². The van der Waals surface area contributed by atoms with Crippen LogP contribution in [0.1, 0.15) is 22.3 Å². The summed E-state index contributed by atoms with van der Waals surface area (Å²) in [6.45, 7) is 0. The van der Waals surface area contributed by atoms with E-state index in [1.54, 1.807) is 0 Å². The van der Waals surface area contributed by atoms with Crippen molar-refractivity contribution in [2.45, 2.75) is 5.41 Å². The van der Waals surface area contributed by atoms with Gasteiger partial charge in [0.15, 0.2) is 5.82 Å². The highest BCUT2D eigenvalue weighted by Crippen LogP contribution is 2.65. The van der Waals surface area contributed by atoms with Gasteiger partial charge in [0.2, 0.25) is 0 Å². The number of para-hydroxylation sites is 1. The van der Waals surface area contributed by atoms with Gasteiger partial charge in [0.05, 0.1) is 16.6 Å². The van der Waals surface area contributed by atoms with E-state index in [1.807, 2.05) is 36.4 Å². The van der Waals surface area contributed by atoms with E-state index in [2.05, 4.69) is 127 Å². The second-order valence-electron chi connectivity index (χ2n) is 15.9. The van der Waals surface area contributed by atoms with Crippen LogP contribution in [0.3, 0.4) is 0 Å². The molecule has 10 radical (unpaired) electrons. The molecule has 0 atom stereocenters. The maximum atomic E-state index is 6.46. The minimum absolute atomic E-state index is 0.189. The highest BCUT2D eigenvalue weighted by Gasteiger charge is 2.53. The zero-order valence-corrected chi connectivity index (χ0v) is 32.4. The van der Waals surface area contributed by atoms with Crippen molar-refractivity contribution in [1.82, 2.24) is 9.97 Å². The molecule has 9 aromatic carbocycles. The van der Waals surface area contributed by atoms with Crippen LogP contribution in [0.2, 0.25) is 0 Å². The Bertz CT molecular complexity index is 3390. The molecule has 2 aliphatic rings. The molecule has 0 fully saturated rings. The molecule has 1 aromatic heterocycles. The van der Waals surface area contributed by atoms with Crippen LogP contribution in [-0.4, -0.2) is 49.2 Å². The second kappa shape index (κ2) is 12.8. The third-order valence-electron chi connectivity index (χ3n) is 13.0. The summed E-state index contributed by atoms with van der Waals surface area (Å²) in [5, 5.41) is 5.91. The Labute approximate surface area is 354 Å². The molecule has 0 aliphatic heterocycles. The molecule has 12 rings (SSSR count). The molecule has 0 saturated carbocycles. The van der Waals surface area contributed by atoms with Gasteiger partial charge in [-0.2, -0.15) is 0 Å². The molecule has 0 amide bonds. The molecule has 10 aromatic rings. The molecule has 1 heterocycles. The Morgan fingerprint density at radius 2 is 0.833 bits per heavy atom. The quantitative estimate of drug-likeness (QED) is 0.178. The van der Waals surface area contributed by atoms with Gasteiger partial charge in [-0.25, -0.2) is 9.97 Å². The van der Waals surface area contributed by atoms with Crippen LogP contribution < -0.4 is 27.3 Å². The number of rotatable bonds is 3. The van der Waals surface area contributed by atoms with E-state index in [-0.39, 0.29) is 16.4 Å². The van der Waals surface area contributed by atoms with E-state index >= 15 is 0 Å². The fourth-order valence-corrected chi connectivity index (χ4v) is 10.3. The lowest BCUT2D eigenvalue weighted by atomic mass is 9.59. The molecule has 7 heteroatoms. The number of aromatic nitrogens is 2. The first-order chi connectivity index (χ1) is 29.4. The van der Waals surface area contributed by atoms with Crippen LogP contribution in [0, 0.1) is 0 Å². The summed E-state index contributed by atoms with van der Waals surface area (Å²) in [6, 6.07) is 58.6. The van der Waals surface area contributed by atoms with Gasteiger partial charge >= 0.3 is 0 Å². The Balaban J connectivity index is 1.10. The monoisotopic (exact) mass is 746 g/mol. The number of hydrogen-bond acceptors (Lipinski definition) is 2. The second-order valence-corrected chi connectivity index (χ2v) is 15.9. The number of fused-ring (bicyclic) bond motifs is 15. The lowest BCUT2D eigenvalue weighted by Crippen LogP contribution is -2.55. The summed E-state index contributed by atoms with van der Waals surface area (Å²) in [4.78, 5) is 10.7. The molecular formula is C53H27B5N2. The summed E-state index contributed by atoms with van der Waals surface area (Å²) in [6.07, 6.45) is 0. The number of benzene rings is 9. The third kappa shape index (κ3) is 4.61. The van der Waals surface area contributed by atoms with Gasteiger partial charge in [0, 0.05) is 16.5 Å². The topological polar surface area (TPSA) is 25.8 Å². The first-order valence-corrected chi connectivity index (χ1v) is 20.0. The van der Waals surface area contributed by atoms with Crippen molar-refractivity contribution in [2.75, 3.05) is 0 Å². The summed E-state index contributed by atoms with van der Waals surface area (Å²) in [7, 11) is 31.5. The van der Waals surface area contributed by atoms with E-state index < -0.39 is 5.41 Å². The maximum absolute atomic E-state index is 6.46. The smallest absolute Gasteiger partial charge is 0.161 e. The summed E-state index contributed by atoms with van der Waals surface area (Å²) in [5.41, 5.74) is 15.5. The molecule has 2 nitrogen and oxygen atoms in total. The van der Waals surface area contributed by atoms with E-state index in [4.69, 9.17) is 49.2 Å². The van der Waals surface area contributed by atoms with Crippen LogP contribution in [0.5, 0.6) is 0 Å². The van der Waals surface area contributed by atoms with E-state index in [0.717, 1.165) is 38.9 Å². The lowest BCUT2D eigenvalue weighted by Gasteiger charge is -2.30. The van der Waals surface area contributed by atoms with Gasteiger partial charge < -0.3 is 0 Å². The fourth-order valence-electron chi connectivity index (χ4n) is 10.3. The fraction of sp³-hybridized carbons (Fsp3) is 0.0189. The van der Waals surface area contributed by atoms with Crippen LogP contribution in [-0.2, 0) is 5.41 Å². The van der Waals surface area contributed by atoms with Crippen LogP contribution in [0.4, 0.5) is 0 Å². The first kappa shape index (κ1) is 35.1. The summed E-state index contributed by atoms with van der Waals surface area (Å²) >= 11 is 0. The minimum Gasteiger partial charge on any atom is -0.228 e. The molecule has 60 heavy (non-hydrogen) atoms. The van der Waals surface area contributed by atoms with Crippen molar-refractivity contribution in [3.05, 3.63) is 186 Å². The maximum Gasteiger partial charge on any atom is 0.161 e. The Morgan fingerprint density at radius 3 is 1.50 bits per heavy atom. The molecule has 264 valence electrons. The van der Waals surface area contributed by atoms with Crippen molar-refractivity contribution in [3.8, 4) is 56.0 Å². The highest BCUT2D eigenvalue weighted by atomic mass is 14.9. The number of nitrogens with zero attached hydrogens (tertiary/aromatic N) is 2. The van der Waals surface area contributed by atoms with Gasteiger partial charge in [-0.05, 0) is 83.2 Å². The lowest BCUT2D eigenvalue weighted by molar-refractivity contribution is 0.795. The molecule has 1 spiro atoms. The van der Waals surface area contributed by atoms with E-state index in [0.29, 0.717) is 22.3 Å². The van der Waals surface area contributed by atoms with Gasteiger partial charge in [0.25, 0.3) is 0 Å². The van der Waals surface area contributed by atoms with Gasteiger partial charge in [0.1, 0.15) is 39.2 Å². The molecule has 2 aliphatic carbocycles. The predicted molar refractivity (Wildman–Crippen MR) is 254 cm³/mol. The molecule has 0 bridgehead atoms. The van der Waals surface area contributed by atoms with E-state index in [9.17, 15) is 0 Å². The van der Waals surface area contributed by atoms with Crippen LogP contribution in [0.15, 0.2) is 164 Å². The zero-order valence-electron chi connectivity index (χ0n) is 32.4. The van der Waals surface area contributed by atoms with Crippen molar-refractivity contribution in [3.63, 3.8) is 0 Å². The minimum atomic E-state index is -0.561. The number of hydrogen-bond donors (Lipinski definition) is 0. The van der Waals surface area contributed by atoms with Crippen molar-refractivity contribution in [1.29, 1.82) is 0 Å². The molecule has 0 N–H and O–H groups in total.